The third-order valence-electron chi connectivity index (χ3n) is 3.39. The first-order valence-corrected chi connectivity index (χ1v) is 6.68. The number of nitriles is 1. The number of aromatic nitrogens is 1. The van der Waals surface area contributed by atoms with Gasteiger partial charge in [-0.1, -0.05) is 12.1 Å². The van der Waals surface area contributed by atoms with Crippen LogP contribution in [-0.2, 0) is 6.54 Å². The summed E-state index contributed by atoms with van der Waals surface area (Å²) in [6.07, 6.45) is 0. The Hall–Kier alpha value is -2.74. The molecular formula is C16H15N3O2. The summed E-state index contributed by atoms with van der Waals surface area (Å²) in [5.41, 5.74) is 3.98. The van der Waals surface area contributed by atoms with Crippen LogP contribution in [-0.4, -0.2) is 11.8 Å². The van der Waals surface area contributed by atoms with Crippen molar-refractivity contribution in [1.82, 2.24) is 4.98 Å². The molecule has 1 aliphatic heterocycles. The van der Waals surface area contributed by atoms with E-state index < -0.39 is 0 Å². The standard InChI is InChI=1S/C16H15N3O2/c1-10-6-14(13(7-17)11(2)19-10)18-8-12-4-3-5-15-16(12)21-9-20-15/h3-6H,8-9H2,1-2H3,(H,18,19). The number of fused-ring (bicyclic) bond motifs is 1. The minimum atomic E-state index is 0.253. The molecule has 0 bridgehead atoms. The van der Waals surface area contributed by atoms with E-state index in [4.69, 9.17) is 9.47 Å². The zero-order chi connectivity index (χ0) is 14.8. The fourth-order valence-corrected chi connectivity index (χ4v) is 2.43. The lowest BCUT2D eigenvalue weighted by molar-refractivity contribution is 0.173. The van der Waals surface area contributed by atoms with Gasteiger partial charge in [-0.15, -0.1) is 0 Å². The van der Waals surface area contributed by atoms with Gasteiger partial charge in [0.25, 0.3) is 0 Å². The Labute approximate surface area is 123 Å². The summed E-state index contributed by atoms with van der Waals surface area (Å²) in [6.45, 7) is 4.57. The van der Waals surface area contributed by atoms with Gasteiger partial charge in [-0.3, -0.25) is 4.98 Å². The number of ether oxygens (including phenoxy) is 2. The number of rotatable bonds is 3. The lowest BCUT2D eigenvalue weighted by Crippen LogP contribution is -2.05. The lowest BCUT2D eigenvalue weighted by Gasteiger charge is -2.12. The van der Waals surface area contributed by atoms with E-state index in [1.165, 1.54) is 0 Å². The molecule has 5 nitrogen and oxygen atoms in total. The summed E-state index contributed by atoms with van der Waals surface area (Å²) in [7, 11) is 0. The van der Waals surface area contributed by atoms with Crippen molar-refractivity contribution < 1.29 is 9.47 Å². The average Bonchev–Trinajstić information content (AvgIpc) is 2.93. The first-order chi connectivity index (χ1) is 10.2. The Morgan fingerprint density at radius 1 is 1.33 bits per heavy atom. The average molecular weight is 281 g/mol. The molecule has 0 saturated carbocycles. The number of para-hydroxylation sites is 1. The molecule has 0 fully saturated rings. The maximum Gasteiger partial charge on any atom is 0.231 e. The molecule has 1 N–H and O–H groups in total. The molecule has 1 aliphatic rings. The van der Waals surface area contributed by atoms with Crippen LogP contribution < -0.4 is 14.8 Å². The van der Waals surface area contributed by atoms with Crippen LogP contribution in [0.4, 0.5) is 5.69 Å². The maximum atomic E-state index is 9.27. The number of benzene rings is 1. The summed E-state index contributed by atoms with van der Waals surface area (Å²) in [6, 6.07) is 9.87. The van der Waals surface area contributed by atoms with Crippen molar-refractivity contribution in [2.24, 2.45) is 0 Å². The molecule has 1 aromatic heterocycles. The number of anilines is 1. The second-order valence-electron chi connectivity index (χ2n) is 4.89. The first-order valence-electron chi connectivity index (χ1n) is 6.68. The zero-order valence-corrected chi connectivity index (χ0v) is 11.9. The van der Waals surface area contributed by atoms with Gasteiger partial charge in [0.05, 0.1) is 16.9 Å². The predicted octanol–water partition coefficient (Wildman–Crippen LogP) is 2.91. The molecule has 0 spiro atoms. The predicted molar refractivity (Wildman–Crippen MR) is 78.3 cm³/mol. The molecule has 2 heterocycles. The summed E-state index contributed by atoms with van der Waals surface area (Å²) in [5.74, 6) is 1.53. The maximum absolute atomic E-state index is 9.27. The molecule has 21 heavy (non-hydrogen) atoms. The summed E-state index contributed by atoms with van der Waals surface area (Å²) in [5, 5.41) is 12.6. The summed E-state index contributed by atoms with van der Waals surface area (Å²) < 4.78 is 10.8. The van der Waals surface area contributed by atoms with Crippen molar-refractivity contribution in [1.29, 1.82) is 5.26 Å². The van der Waals surface area contributed by atoms with Crippen molar-refractivity contribution in [3.05, 3.63) is 46.8 Å². The van der Waals surface area contributed by atoms with Crippen LogP contribution in [0.1, 0.15) is 22.5 Å². The van der Waals surface area contributed by atoms with Gasteiger partial charge in [-0.25, -0.2) is 0 Å². The SMILES string of the molecule is Cc1cc(NCc2cccc3c2OCO3)c(C#N)c(C)n1. The van der Waals surface area contributed by atoms with E-state index >= 15 is 0 Å². The molecule has 0 aliphatic carbocycles. The molecule has 0 unspecified atom stereocenters. The topological polar surface area (TPSA) is 67.2 Å². The van der Waals surface area contributed by atoms with Gasteiger partial charge in [0.1, 0.15) is 6.07 Å². The normalized spacial score (nSPS) is 12.0. The molecule has 0 radical (unpaired) electrons. The molecular weight excluding hydrogens is 266 g/mol. The van der Waals surface area contributed by atoms with Gasteiger partial charge in [0.2, 0.25) is 6.79 Å². The van der Waals surface area contributed by atoms with Crippen LogP contribution >= 0.6 is 0 Å². The third kappa shape index (κ3) is 2.48. The fourth-order valence-electron chi connectivity index (χ4n) is 2.43. The number of pyridine rings is 1. The van der Waals surface area contributed by atoms with Crippen molar-refractivity contribution in [2.45, 2.75) is 20.4 Å². The van der Waals surface area contributed by atoms with E-state index in [1.54, 1.807) is 0 Å². The van der Waals surface area contributed by atoms with E-state index in [-0.39, 0.29) is 6.79 Å². The summed E-state index contributed by atoms with van der Waals surface area (Å²) in [4.78, 5) is 4.31. The highest BCUT2D eigenvalue weighted by Gasteiger charge is 2.17. The highest BCUT2D eigenvalue weighted by Crippen LogP contribution is 2.35. The van der Waals surface area contributed by atoms with E-state index in [1.807, 2.05) is 38.1 Å². The Bertz CT molecular complexity index is 735. The summed E-state index contributed by atoms with van der Waals surface area (Å²) >= 11 is 0. The molecule has 5 heteroatoms. The zero-order valence-electron chi connectivity index (χ0n) is 11.9. The Kier molecular flexibility index (Phi) is 3.36. The van der Waals surface area contributed by atoms with Crippen LogP contribution in [0.5, 0.6) is 11.5 Å². The number of hydrogen-bond acceptors (Lipinski definition) is 5. The highest BCUT2D eigenvalue weighted by atomic mass is 16.7. The van der Waals surface area contributed by atoms with E-state index in [0.29, 0.717) is 12.1 Å². The van der Waals surface area contributed by atoms with Gasteiger partial charge in [-0.05, 0) is 26.0 Å². The molecule has 0 amide bonds. The van der Waals surface area contributed by atoms with Gasteiger partial charge < -0.3 is 14.8 Å². The molecule has 106 valence electrons. The molecule has 2 aromatic rings. The lowest BCUT2D eigenvalue weighted by atomic mass is 10.1. The fraction of sp³-hybridized carbons (Fsp3) is 0.250. The second-order valence-corrected chi connectivity index (χ2v) is 4.89. The molecule has 1 aromatic carbocycles. The van der Waals surface area contributed by atoms with Crippen LogP contribution in [0.15, 0.2) is 24.3 Å². The van der Waals surface area contributed by atoms with Gasteiger partial charge >= 0.3 is 0 Å². The van der Waals surface area contributed by atoms with Gasteiger partial charge in [0, 0.05) is 17.8 Å². The molecule has 0 atom stereocenters. The monoisotopic (exact) mass is 281 g/mol. The van der Waals surface area contributed by atoms with E-state index in [2.05, 4.69) is 16.4 Å². The number of hydrogen-bond donors (Lipinski definition) is 1. The Balaban J connectivity index is 1.87. The quantitative estimate of drug-likeness (QED) is 0.937. The van der Waals surface area contributed by atoms with Crippen molar-refractivity contribution in [3.8, 4) is 17.6 Å². The number of aryl methyl sites for hydroxylation is 2. The minimum Gasteiger partial charge on any atom is -0.454 e. The van der Waals surface area contributed by atoms with Crippen LogP contribution in [0, 0.1) is 25.2 Å². The van der Waals surface area contributed by atoms with Crippen LogP contribution in [0.2, 0.25) is 0 Å². The van der Waals surface area contributed by atoms with E-state index in [9.17, 15) is 5.26 Å². The van der Waals surface area contributed by atoms with Crippen LogP contribution in [0.3, 0.4) is 0 Å². The van der Waals surface area contributed by atoms with Crippen molar-refractivity contribution >= 4 is 5.69 Å². The molecule has 0 saturated heterocycles. The van der Waals surface area contributed by atoms with Crippen LogP contribution in [0.25, 0.3) is 0 Å². The first kappa shape index (κ1) is 13.3. The van der Waals surface area contributed by atoms with E-state index in [0.717, 1.165) is 34.1 Å². The van der Waals surface area contributed by atoms with Gasteiger partial charge in [-0.2, -0.15) is 5.26 Å². The third-order valence-corrected chi connectivity index (χ3v) is 3.39. The molecule has 3 rings (SSSR count). The number of nitrogens with one attached hydrogen (secondary N) is 1. The Morgan fingerprint density at radius 3 is 3.00 bits per heavy atom. The smallest absolute Gasteiger partial charge is 0.231 e. The second kappa shape index (κ2) is 5.33. The number of nitrogens with zero attached hydrogens (tertiary/aromatic N) is 2. The minimum absolute atomic E-state index is 0.253. The van der Waals surface area contributed by atoms with Crippen molar-refractivity contribution in [2.75, 3.05) is 12.1 Å². The van der Waals surface area contributed by atoms with Gasteiger partial charge in [0.15, 0.2) is 11.5 Å². The highest BCUT2D eigenvalue weighted by molar-refractivity contribution is 5.60. The van der Waals surface area contributed by atoms with Crippen molar-refractivity contribution in [3.63, 3.8) is 0 Å². The Morgan fingerprint density at radius 2 is 2.19 bits per heavy atom. The largest absolute Gasteiger partial charge is 0.454 e.